The Kier molecular flexibility index (Phi) is 7.14. The number of aromatic nitrogens is 1. The van der Waals surface area contributed by atoms with E-state index in [0.29, 0.717) is 19.6 Å². The first-order chi connectivity index (χ1) is 16.0. The third-order valence-corrected chi connectivity index (χ3v) is 6.30. The Bertz CT molecular complexity index is 1050. The van der Waals surface area contributed by atoms with E-state index in [2.05, 4.69) is 22.2 Å². The van der Waals surface area contributed by atoms with Gasteiger partial charge in [-0.1, -0.05) is 47.6 Å². The van der Waals surface area contributed by atoms with E-state index in [0.717, 1.165) is 48.7 Å². The second kappa shape index (κ2) is 10.2. The van der Waals surface area contributed by atoms with Gasteiger partial charge >= 0.3 is 0 Å². The van der Waals surface area contributed by atoms with Crippen molar-refractivity contribution < 1.29 is 14.1 Å². The van der Waals surface area contributed by atoms with E-state index in [1.54, 1.807) is 4.90 Å². The smallest absolute Gasteiger partial charge is 0.230 e. The van der Waals surface area contributed by atoms with E-state index in [9.17, 15) is 4.79 Å². The highest BCUT2D eigenvalue weighted by Crippen LogP contribution is 2.37. The van der Waals surface area contributed by atoms with Gasteiger partial charge in [0.15, 0.2) is 0 Å². The zero-order valence-electron chi connectivity index (χ0n) is 19.8. The number of hydrogen-bond donors (Lipinski definition) is 0. The van der Waals surface area contributed by atoms with Crippen LogP contribution in [-0.2, 0) is 17.8 Å². The standard InChI is InChI=1S/C27H33N3O3/c1-4-32-23-13-11-21(12-14-23)19-30-16-8-15-27(20-30,26(31)29(2)3)18-24-17-25(28-33-24)22-9-6-5-7-10-22/h5-7,9-14,17H,4,8,15-16,18-20H2,1-3H3/t27-/m1/s1. The van der Waals surface area contributed by atoms with E-state index < -0.39 is 5.41 Å². The average Bonchev–Trinajstić information content (AvgIpc) is 3.29. The van der Waals surface area contributed by atoms with Crippen molar-refractivity contribution in [3.05, 3.63) is 72.0 Å². The van der Waals surface area contributed by atoms with E-state index in [4.69, 9.17) is 9.26 Å². The van der Waals surface area contributed by atoms with Crippen LogP contribution < -0.4 is 4.74 Å². The maximum Gasteiger partial charge on any atom is 0.230 e. The van der Waals surface area contributed by atoms with Crippen LogP contribution in [0, 0.1) is 5.41 Å². The van der Waals surface area contributed by atoms with Crippen LogP contribution in [0.5, 0.6) is 5.75 Å². The van der Waals surface area contributed by atoms with Gasteiger partial charge in [-0.05, 0) is 44.0 Å². The van der Waals surface area contributed by atoms with E-state index in [1.807, 2.05) is 69.6 Å². The van der Waals surface area contributed by atoms with Crippen molar-refractivity contribution in [2.45, 2.75) is 32.7 Å². The second-order valence-electron chi connectivity index (χ2n) is 9.09. The molecule has 1 atom stereocenters. The third kappa shape index (κ3) is 5.45. The summed E-state index contributed by atoms with van der Waals surface area (Å²) in [4.78, 5) is 17.5. The Balaban J connectivity index is 1.52. The first kappa shape index (κ1) is 23.1. The average molecular weight is 448 g/mol. The van der Waals surface area contributed by atoms with Crippen LogP contribution in [0.4, 0.5) is 0 Å². The molecule has 0 bridgehead atoms. The lowest BCUT2D eigenvalue weighted by Crippen LogP contribution is -2.52. The number of benzene rings is 2. The molecule has 6 heteroatoms. The van der Waals surface area contributed by atoms with Crippen LogP contribution in [0.1, 0.15) is 31.1 Å². The van der Waals surface area contributed by atoms with Gasteiger partial charge in [0.2, 0.25) is 5.91 Å². The highest BCUT2D eigenvalue weighted by molar-refractivity contribution is 5.83. The van der Waals surface area contributed by atoms with Crippen molar-refractivity contribution in [1.29, 1.82) is 0 Å². The number of piperidine rings is 1. The summed E-state index contributed by atoms with van der Waals surface area (Å²) in [6.07, 6.45) is 2.35. The maximum absolute atomic E-state index is 13.4. The van der Waals surface area contributed by atoms with Crippen LogP contribution in [0.25, 0.3) is 11.3 Å². The highest BCUT2D eigenvalue weighted by Gasteiger charge is 2.44. The molecule has 0 N–H and O–H groups in total. The lowest BCUT2D eigenvalue weighted by molar-refractivity contribution is -0.143. The Labute approximate surface area is 196 Å². The van der Waals surface area contributed by atoms with Gasteiger partial charge in [0, 0.05) is 45.2 Å². The summed E-state index contributed by atoms with van der Waals surface area (Å²) in [6.45, 7) is 5.12. The Morgan fingerprint density at radius 3 is 2.61 bits per heavy atom. The fraction of sp³-hybridized carbons (Fsp3) is 0.407. The molecule has 2 aromatic carbocycles. The molecular formula is C27H33N3O3. The Morgan fingerprint density at radius 1 is 1.15 bits per heavy atom. The molecule has 2 heterocycles. The predicted molar refractivity (Wildman–Crippen MR) is 129 cm³/mol. The van der Waals surface area contributed by atoms with Crippen molar-refractivity contribution in [2.24, 2.45) is 5.41 Å². The first-order valence-electron chi connectivity index (χ1n) is 11.7. The minimum atomic E-state index is -0.527. The summed E-state index contributed by atoms with van der Waals surface area (Å²) in [5.41, 5.74) is 2.51. The number of amides is 1. The molecule has 0 radical (unpaired) electrons. The molecule has 174 valence electrons. The molecule has 0 unspecified atom stereocenters. The molecule has 1 saturated heterocycles. The summed E-state index contributed by atoms with van der Waals surface area (Å²) >= 11 is 0. The van der Waals surface area contributed by atoms with E-state index in [1.165, 1.54) is 5.56 Å². The summed E-state index contributed by atoms with van der Waals surface area (Å²) in [5, 5.41) is 4.27. The lowest BCUT2D eigenvalue weighted by atomic mass is 9.75. The topological polar surface area (TPSA) is 58.8 Å². The largest absolute Gasteiger partial charge is 0.494 e. The molecule has 6 nitrogen and oxygen atoms in total. The quantitative estimate of drug-likeness (QED) is 0.503. The number of nitrogens with zero attached hydrogens (tertiary/aromatic N) is 3. The van der Waals surface area contributed by atoms with E-state index in [-0.39, 0.29) is 5.91 Å². The molecule has 0 aliphatic carbocycles. The zero-order chi connectivity index (χ0) is 23.3. The molecule has 1 aliphatic heterocycles. The van der Waals surface area contributed by atoms with E-state index >= 15 is 0 Å². The Morgan fingerprint density at radius 2 is 1.91 bits per heavy atom. The minimum absolute atomic E-state index is 0.150. The summed E-state index contributed by atoms with van der Waals surface area (Å²) in [6, 6.07) is 20.2. The number of likely N-dealkylation sites (tertiary alicyclic amines) is 1. The molecule has 0 spiro atoms. The van der Waals surface area contributed by atoms with Gasteiger partial charge in [0.25, 0.3) is 0 Å². The fourth-order valence-electron chi connectivity index (χ4n) is 4.82. The summed E-state index contributed by atoms with van der Waals surface area (Å²) < 4.78 is 11.3. The molecule has 3 aromatic rings. The van der Waals surface area contributed by atoms with Crippen molar-refractivity contribution in [3.63, 3.8) is 0 Å². The highest BCUT2D eigenvalue weighted by atomic mass is 16.5. The summed E-state index contributed by atoms with van der Waals surface area (Å²) in [5.74, 6) is 1.79. The monoisotopic (exact) mass is 447 g/mol. The van der Waals surface area contributed by atoms with Gasteiger partial charge in [-0.25, -0.2) is 0 Å². The van der Waals surface area contributed by atoms with Gasteiger partial charge < -0.3 is 14.2 Å². The Hall–Kier alpha value is -3.12. The van der Waals surface area contributed by atoms with Gasteiger partial charge in [-0.2, -0.15) is 0 Å². The molecule has 1 amide bonds. The van der Waals surface area contributed by atoms with Gasteiger partial charge in [0.05, 0.1) is 12.0 Å². The molecule has 33 heavy (non-hydrogen) atoms. The number of hydrogen-bond acceptors (Lipinski definition) is 5. The minimum Gasteiger partial charge on any atom is -0.494 e. The lowest BCUT2D eigenvalue weighted by Gasteiger charge is -2.42. The predicted octanol–water partition coefficient (Wildman–Crippen LogP) is 4.65. The molecule has 1 fully saturated rings. The fourth-order valence-corrected chi connectivity index (χ4v) is 4.82. The number of carbonyl (C=O) groups excluding carboxylic acids is 1. The van der Waals surface area contributed by atoms with Crippen LogP contribution in [0.2, 0.25) is 0 Å². The zero-order valence-corrected chi connectivity index (χ0v) is 19.8. The SMILES string of the molecule is CCOc1ccc(CN2CCC[C@](Cc3cc(-c4ccccc4)no3)(C(=O)N(C)C)C2)cc1. The molecule has 1 aliphatic rings. The molecule has 0 saturated carbocycles. The van der Waals surface area contributed by atoms with Crippen LogP contribution >= 0.6 is 0 Å². The van der Waals surface area contributed by atoms with Gasteiger partial charge in [0.1, 0.15) is 17.2 Å². The van der Waals surface area contributed by atoms with Crippen LogP contribution in [0.3, 0.4) is 0 Å². The van der Waals surface area contributed by atoms with Crippen molar-refractivity contribution in [3.8, 4) is 17.0 Å². The molecule has 4 rings (SSSR count). The normalized spacial score (nSPS) is 18.8. The van der Waals surface area contributed by atoms with Crippen molar-refractivity contribution in [1.82, 2.24) is 15.0 Å². The van der Waals surface area contributed by atoms with Crippen LogP contribution in [-0.4, -0.2) is 54.7 Å². The third-order valence-electron chi connectivity index (χ3n) is 6.30. The maximum atomic E-state index is 13.4. The van der Waals surface area contributed by atoms with Gasteiger partial charge in [-0.15, -0.1) is 0 Å². The number of rotatable bonds is 8. The number of ether oxygens (including phenoxy) is 1. The molecule has 1 aromatic heterocycles. The summed E-state index contributed by atoms with van der Waals surface area (Å²) in [7, 11) is 3.68. The first-order valence-corrected chi connectivity index (χ1v) is 11.7. The van der Waals surface area contributed by atoms with Crippen molar-refractivity contribution >= 4 is 5.91 Å². The number of carbonyl (C=O) groups is 1. The molecular weight excluding hydrogens is 414 g/mol. The van der Waals surface area contributed by atoms with Crippen molar-refractivity contribution in [2.75, 3.05) is 33.8 Å². The second-order valence-corrected chi connectivity index (χ2v) is 9.09. The van der Waals surface area contributed by atoms with Gasteiger partial charge in [-0.3, -0.25) is 9.69 Å². The van der Waals surface area contributed by atoms with Crippen LogP contribution in [0.15, 0.2) is 65.2 Å².